The molecule has 1 heterocycles. The van der Waals surface area contributed by atoms with Crippen LogP contribution in [-0.2, 0) is 6.54 Å². The zero-order chi connectivity index (χ0) is 14.8. The summed E-state index contributed by atoms with van der Waals surface area (Å²) in [6, 6.07) is 3.60. The Morgan fingerprint density at radius 2 is 2.05 bits per heavy atom. The van der Waals surface area contributed by atoms with Gasteiger partial charge in [-0.15, -0.1) is 0 Å². The summed E-state index contributed by atoms with van der Waals surface area (Å²) in [7, 11) is 0. The van der Waals surface area contributed by atoms with Gasteiger partial charge in [-0.2, -0.15) is 18.2 Å². The summed E-state index contributed by atoms with van der Waals surface area (Å²) in [6.45, 7) is -1.40. The fraction of sp³-hybridized carbons (Fsp3) is 0.273. The second kappa shape index (κ2) is 5.76. The lowest BCUT2D eigenvalue weighted by Gasteiger charge is -2.05. The minimum Gasteiger partial charge on any atom is -0.338 e. The van der Waals surface area contributed by atoms with Gasteiger partial charge >= 0.3 is 6.18 Å². The molecular weight excluding hydrogens is 302 g/mol. The maximum Gasteiger partial charge on any atom is 0.401 e. The van der Waals surface area contributed by atoms with Crippen LogP contribution in [0, 0.1) is 5.82 Å². The molecule has 9 heteroatoms. The molecule has 2 aromatic rings. The Morgan fingerprint density at radius 3 is 2.70 bits per heavy atom. The van der Waals surface area contributed by atoms with E-state index in [1.807, 2.05) is 0 Å². The monoisotopic (exact) mass is 309 g/mol. The fourth-order valence-electron chi connectivity index (χ4n) is 1.42. The number of rotatable bonds is 4. The molecule has 4 nitrogen and oxygen atoms in total. The molecule has 108 valence electrons. The van der Waals surface area contributed by atoms with Gasteiger partial charge in [0.1, 0.15) is 5.82 Å². The topological polar surface area (TPSA) is 51.0 Å². The Kier molecular flexibility index (Phi) is 4.24. The van der Waals surface area contributed by atoms with E-state index in [9.17, 15) is 17.6 Å². The summed E-state index contributed by atoms with van der Waals surface area (Å²) in [4.78, 5) is 3.88. The zero-order valence-electron chi connectivity index (χ0n) is 9.84. The molecule has 1 aromatic heterocycles. The molecule has 0 unspecified atom stereocenters. The van der Waals surface area contributed by atoms with Crippen LogP contribution in [0.2, 0.25) is 5.02 Å². The van der Waals surface area contributed by atoms with Gasteiger partial charge in [0.2, 0.25) is 11.7 Å². The number of nitrogens with zero attached hydrogens (tertiary/aromatic N) is 2. The highest BCUT2D eigenvalue weighted by Gasteiger charge is 2.26. The van der Waals surface area contributed by atoms with Gasteiger partial charge in [0.25, 0.3) is 0 Å². The van der Waals surface area contributed by atoms with Crippen LogP contribution in [0.3, 0.4) is 0 Å². The zero-order valence-corrected chi connectivity index (χ0v) is 10.6. The van der Waals surface area contributed by atoms with E-state index in [0.717, 1.165) is 6.07 Å². The number of halogens is 5. The van der Waals surface area contributed by atoms with Crippen LogP contribution in [0.5, 0.6) is 0 Å². The van der Waals surface area contributed by atoms with E-state index in [2.05, 4.69) is 15.5 Å². The predicted molar refractivity (Wildman–Crippen MR) is 62.5 cm³/mol. The van der Waals surface area contributed by atoms with Crippen molar-refractivity contribution in [2.24, 2.45) is 0 Å². The molecule has 0 saturated heterocycles. The first-order valence-corrected chi connectivity index (χ1v) is 5.78. The number of benzene rings is 1. The smallest absolute Gasteiger partial charge is 0.338 e. The van der Waals surface area contributed by atoms with Gasteiger partial charge in [-0.3, -0.25) is 0 Å². The van der Waals surface area contributed by atoms with Crippen LogP contribution < -0.4 is 5.32 Å². The van der Waals surface area contributed by atoms with Crippen LogP contribution in [0.4, 0.5) is 17.6 Å². The number of nitrogens with one attached hydrogen (secondary N) is 1. The van der Waals surface area contributed by atoms with Crippen LogP contribution in [-0.4, -0.2) is 22.9 Å². The van der Waals surface area contributed by atoms with Crippen LogP contribution in [0.15, 0.2) is 22.7 Å². The summed E-state index contributed by atoms with van der Waals surface area (Å²) in [5, 5.41) is 5.78. The average Bonchev–Trinajstić information content (AvgIpc) is 2.75. The summed E-state index contributed by atoms with van der Waals surface area (Å²) in [6.07, 6.45) is -4.32. The Bertz CT molecular complexity index is 600. The molecular formula is C11H8ClF4N3O. The average molecular weight is 310 g/mol. The van der Waals surface area contributed by atoms with Crippen LogP contribution in [0.25, 0.3) is 11.4 Å². The Labute approximate surface area is 115 Å². The summed E-state index contributed by atoms with van der Waals surface area (Å²) in [5.41, 5.74) is 0.332. The van der Waals surface area contributed by atoms with E-state index in [1.165, 1.54) is 12.1 Å². The number of hydrogen-bond donors (Lipinski definition) is 1. The van der Waals surface area contributed by atoms with Crippen molar-refractivity contribution >= 4 is 11.6 Å². The van der Waals surface area contributed by atoms with E-state index in [0.29, 0.717) is 5.56 Å². The Hall–Kier alpha value is -1.67. The largest absolute Gasteiger partial charge is 0.401 e. The molecule has 0 bridgehead atoms. The van der Waals surface area contributed by atoms with E-state index in [4.69, 9.17) is 16.1 Å². The third-order valence-corrected chi connectivity index (χ3v) is 2.55. The molecule has 20 heavy (non-hydrogen) atoms. The lowest BCUT2D eigenvalue weighted by Crippen LogP contribution is -2.28. The van der Waals surface area contributed by atoms with Crippen molar-refractivity contribution in [2.75, 3.05) is 6.54 Å². The van der Waals surface area contributed by atoms with E-state index in [1.54, 1.807) is 0 Å². The second-order valence-corrected chi connectivity index (χ2v) is 4.26. The maximum absolute atomic E-state index is 12.9. The minimum atomic E-state index is -4.32. The third-order valence-electron chi connectivity index (χ3n) is 2.24. The normalized spacial score (nSPS) is 11.8. The van der Waals surface area contributed by atoms with Crippen LogP contribution in [0.1, 0.15) is 5.89 Å². The molecule has 0 spiro atoms. The Morgan fingerprint density at radius 1 is 1.30 bits per heavy atom. The number of aromatic nitrogens is 2. The fourth-order valence-corrected chi connectivity index (χ4v) is 1.67. The van der Waals surface area contributed by atoms with Gasteiger partial charge in [-0.05, 0) is 18.2 Å². The van der Waals surface area contributed by atoms with E-state index < -0.39 is 18.5 Å². The lowest BCUT2D eigenvalue weighted by atomic mass is 10.2. The predicted octanol–water partition coefficient (Wildman–Crippen LogP) is 3.18. The summed E-state index contributed by atoms with van der Waals surface area (Å²) < 4.78 is 53.5. The Balaban J connectivity index is 2.05. The number of hydrogen-bond acceptors (Lipinski definition) is 4. The highest BCUT2D eigenvalue weighted by atomic mass is 35.5. The lowest BCUT2D eigenvalue weighted by molar-refractivity contribution is -0.125. The summed E-state index contributed by atoms with van der Waals surface area (Å²) >= 11 is 5.81. The summed E-state index contributed by atoms with van der Waals surface area (Å²) in [5.74, 6) is -0.460. The van der Waals surface area contributed by atoms with Gasteiger partial charge in [-0.25, -0.2) is 4.39 Å². The van der Waals surface area contributed by atoms with Crippen molar-refractivity contribution in [3.8, 4) is 11.4 Å². The van der Waals surface area contributed by atoms with Crippen molar-refractivity contribution in [3.63, 3.8) is 0 Å². The quantitative estimate of drug-likeness (QED) is 0.881. The van der Waals surface area contributed by atoms with Gasteiger partial charge < -0.3 is 9.84 Å². The molecule has 1 N–H and O–H groups in total. The molecule has 1 aromatic carbocycles. The van der Waals surface area contributed by atoms with Crippen molar-refractivity contribution in [1.29, 1.82) is 0 Å². The first kappa shape index (κ1) is 14.7. The molecule has 0 aliphatic rings. The molecule has 0 amide bonds. The van der Waals surface area contributed by atoms with Crippen molar-refractivity contribution in [2.45, 2.75) is 12.7 Å². The van der Waals surface area contributed by atoms with E-state index in [-0.39, 0.29) is 23.3 Å². The van der Waals surface area contributed by atoms with Crippen molar-refractivity contribution < 1.29 is 22.1 Å². The number of alkyl halides is 3. The standard InChI is InChI=1S/C11H8ClF4N3O/c12-8-3-6(13)1-2-7(8)10-18-9(20-19-10)4-17-5-11(14,15)16/h1-3,17H,4-5H2. The van der Waals surface area contributed by atoms with Gasteiger partial charge in [0.05, 0.1) is 18.1 Å². The molecule has 2 rings (SSSR count). The first-order chi connectivity index (χ1) is 9.35. The molecule has 0 atom stereocenters. The third kappa shape index (κ3) is 3.91. The highest BCUT2D eigenvalue weighted by Crippen LogP contribution is 2.26. The molecule has 0 aliphatic heterocycles. The molecule has 0 saturated carbocycles. The molecule has 0 aliphatic carbocycles. The highest BCUT2D eigenvalue weighted by molar-refractivity contribution is 6.33. The molecule has 0 fully saturated rings. The van der Waals surface area contributed by atoms with Crippen molar-refractivity contribution in [3.05, 3.63) is 34.9 Å². The maximum atomic E-state index is 12.9. The van der Waals surface area contributed by atoms with Crippen LogP contribution >= 0.6 is 11.6 Å². The first-order valence-electron chi connectivity index (χ1n) is 5.40. The second-order valence-electron chi connectivity index (χ2n) is 3.85. The van der Waals surface area contributed by atoms with E-state index >= 15 is 0 Å². The van der Waals surface area contributed by atoms with Gasteiger partial charge in [0, 0.05) is 5.56 Å². The molecule has 0 radical (unpaired) electrons. The van der Waals surface area contributed by atoms with Gasteiger partial charge in [-0.1, -0.05) is 16.8 Å². The van der Waals surface area contributed by atoms with Crippen molar-refractivity contribution in [1.82, 2.24) is 15.5 Å². The van der Waals surface area contributed by atoms with Gasteiger partial charge in [0.15, 0.2) is 0 Å². The SMILES string of the molecule is Fc1ccc(-c2noc(CNCC(F)(F)F)n2)c(Cl)c1. The minimum absolute atomic E-state index is 0.0235.